The number of carbonyl (C=O) groups is 1. The maximum Gasteiger partial charge on any atom is 0.136 e. The molecule has 0 aliphatic heterocycles. The van der Waals surface area contributed by atoms with Gasteiger partial charge in [-0.1, -0.05) is 19.1 Å². The van der Waals surface area contributed by atoms with Crippen LogP contribution in [0.25, 0.3) is 0 Å². The van der Waals surface area contributed by atoms with Crippen LogP contribution in [-0.2, 0) is 4.79 Å². The number of ketones is 1. The number of Topliss-reactive ketones (excluding diaryl/α,β-unsaturated/α-hetero) is 1. The number of allylic oxidation sites excluding steroid dienone is 1. The molecule has 1 aliphatic rings. The highest BCUT2D eigenvalue weighted by molar-refractivity contribution is 5.85. The van der Waals surface area contributed by atoms with Gasteiger partial charge in [0.2, 0.25) is 0 Å². The van der Waals surface area contributed by atoms with Gasteiger partial charge in [-0.15, -0.1) is 0 Å². The second kappa shape index (κ2) is 2.80. The van der Waals surface area contributed by atoms with Crippen molar-refractivity contribution in [3.8, 4) is 0 Å². The van der Waals surface area contributed by atoms with Crippen LogP contribution in [0.15, 0.2) is 12.2 Å². The Morgan fingerprint density at radius 3 is 2.36 bits per heavy atom. The van der Waals surface area contributed by atoms with E-state index >= 15 is 0 Å². The molecule has 1 fully saturated rings. The normalized spacial score (nSPS) is 19.5. The molecule has 11 heavy (non-hydrogen) atoms. The third-order valence-corrected chi connectivity index (χ3v) is 2.69. The highest BCUT2D eigenvalue weighted by Crippen LogP contribution is 2.51. The number of rotatable bonds is 4. The average Bonchev–Trinajstić information content (AvgIpc) is 2.69. The van der Waals surface area contributed by atoms with E-state index in [0.717, 1.165) is 25.7 Å². The second-order valence-electron chi connectivity index (χ2n) is 3.62. The number of hydrogen-bond donors (Lipinski definition) is 0. The zero-order chi connectivity index (χ0) is 8.48. The summed E-state index contributed by atoms with van der Waals surface area (Å²) in [5.41, 5.74) is 1.25. The van der Waals surface area contributed by atoms with Gasteiger partial charge in [0.25, 0.3) is 0 Å². The van der Waals surface area contributed by atoms with Crippen molar-refractivity contribution in [1.82, 2.24) is 0 Å². The Hall–Kier alpha value is -0.590. The van der Waals surface area contributed by atoms with Crippen molar-refractivity contribution in [3.05, 3.63) is 12.2 Å². The largest absolute Gasteiger partial charge is 0.299 e. The third kappa shape index (κ3) is 1.70. The molecule has 0 heterocycles. The summed E-state index contributed by atoms with van der Waals surface area (Å²) in [6, 6.07) is 0. The van der Waals surface area contributed by atoms with Crippen molar-refractivity contribution in [2.24, 2.45) is 5.41 Å². The number of carbonyl (C=O) groups excluding carboxylic acids is 1. The molecule has 1 rings (SSSR count). The van der Waals surface area contributed by atoms with Crippen LogP contribution in [0.3, 0.4) is 0 Å². The average molecular weight is 152 g/mol. The first-order chi connectivity index (χ1) is 5.10. The van der Waals surface area contributed by atoms with E-state index in [-0.39, 0.29) is 5.41 Å². The minimum Gasteiger partial charge on any atom is -0.299 e. The van der Waals surface area contributed by atoms with Gasteiger partial charge in [0.1, 0.15) is 5.78 Å². The van der Waals surface area contributed by atoms with Gasteiger partial charge in [0.15, 0.2) is 0 Å². The zero-order valence-corrected chi connectivity index (χ0v) is 7.44. The molecule has 1 aliphatic carbocycles. The van der Waals surface area contributed by atoms with Crippen LogP contribution in [0.1, 0.15) is 39.5 Å². The van der Waals surface area contributed by atoms with Crippen LogP contribution >= 0.6 is 0 Å². The summed E-state index contributed by atoms with van der Waals surface area (Å²) < 4.78 is 0. The van der Waals surface area contributed by atoms with E-state index in [1.807, 2.05) is 0 Å². The Balaban J connectivity index is 2.48. The maximum absolute atomic E-state index is 11.1. The van der Waals surface area contributed by atoms with Gasteiger partial charge in [-0.25, -0.2) is 0 Å². The molecule has 0 radical (unpaired) electrons. The van der Waals surface area contributed by atoms with E-state index in [2.05, 4.69) is 13.5 Å². The molecule has 0 N–H and O–H groups in total. The highest BCUT2D eigenvalue weighted by atomic mass is 16.1. The van der Waals surface area contributed by atoms with Crippen LogP contribution in [0.2, 0.25) is 0 Å². The van der Waals surface area contributed by atoms with Gasteiger partial charge in [0, 0.05) is 5.41 Å². The van der Waals surface area contributed by atoms with Gasteiger partial charge in [-0.2, -0.15) is 0 Å². The Morgan fingerprint density at radius 2 is 2.09 bits per heavy atom. The first-order valence-corrected chi connectivity index (χ1v) is 4.28. The molecule has 1 nitrogen and oxygen atoms in total. The van der Waals surface area contributed by atoms with Crippen molar-refractivity contribution >= 4 is 5.78 Å². The Labute approximate surface area is 68.5 Å². The van der Waals surface area contributed by atoms with Gasteiger partial charge in [-0.05, 0) is 32.6 Å². The molecular weight excluding hydrogens is 136 g/mol. The van der Waals surface area contributed by atoms with E-state index in [1.165, 1.54) is 5.57 Å². The predicted octanol–water partition coefficient (Wildman–Crippen LogP) is 2.71. The van der Waals surface area contributed by atoms with Gasteiger partial charge in [0.05, 0.1) is 0 Å². The molecule has 0 aromatic heterocycles. The van der Waals surface area contributed by atoms with Crippen LogP contribution in [-0.4, -0.2) is 5.78 Å². The van der Waals surface area contributed by atoms with E-state index in [1.54, 1.807) is 6.92 Å². The van der Waals surface area contributed by atoms with E-state index in [9.17, 15) is 4.79 Å². The SMILES string of the molecule is C=C(CC)CC1(C(C)=O)CC1. The summed E-state index contributed by atoms with van der Waals surface area (Å²) in [5, 5.41) is 0. The van der Waals surface area contributed by atoms with E-state index in [4.69, 9.17) is 0 Å². The van der Waals surface area contributed by atoms with Crippen LogP contribution in [0, 0.1) is 5.41 Å². The summed E-state index contributed by atoms with van der Waals surface area (Å²) in [7, 11) is 0. The fraction of sp³-hybridized carbons (Fsp3) is 0.700. The Bertz CT molecular complexity index is 187. The summed E-state index contributed by atoms with van der Waals surface area (Å²) in [4.78, 5) is 11.1. The minimum absolute atomic E-state index is 0.0348. The van der Waals surface area contributed by atoms with Gasteiger partial charge in [-0.3, -0.25) is 4.79 Å². The lowest BCUT2D eigenvalue weighted by Crippen LogP contribution is -2.12. The quantitative estimate of drug-likeness (QED) is 0.566. The lowest BCUT2D eigenvalue weighted by molar-refractivity contribution is -0.121. The molecule has 1 saturated carbocycles. The van der Waals surface area contributed by atoms with Crippen molar-refractivity contribution < 1.29 is 4.79 Å². The third-order valence-electron chi connectivity index (χ3n) is 2.69. The Kier molecular flexibility index (Phi) is 2.17. The topological polar surface area (TPSA) is 17.1 Å². The molecular formula is C10H16O. The van der Waals surface area contributed by atoms with Gasteiger partial charge >= 0.3 is 0 Å². The number of hydrogen-bond acceptors (Lipinski definition) is 1. The van der Waals surface area contributed by atoms with Crippen LogP contribution < -0.4 is 0 Å². The Morgan fingerprint density at radius 1 is 1.55 bits per heavy atom. The molecule has 0 saturated heterocycles. The molecule has 0 aromatic carbocycles. The summed E-state index contributed by atoms with van der Waals surface area (Å²) in [5.74, 6) is 0.354. The van der Waals surface area contributed by atoms with Crippen molar-refractivity contribution in [2.75, 3.05) is 0 Å². The fourth-order valence-corrected chi connectivity index (χ4v) is 1.41. The second-order valence-corrected chi connectivity index (χ2v) is 3.62. The molecule has 0 aromatic rings. The van der Waals surface area contributed by atoms with E-state index < -0.39 is 0 Å². The predicted molar refractivity (Wildman–Crippen MR) is 46.4 cm³/mol. The smallest absolute Gasteiger partial charge is 0.136 e. The molecule has 0 atom stereocenters. The molecule has 0 bridgehead atoms. The van der Waals surface area contributed by atoms with Crippen molar-refractivity contribution in [2.45, 2.75) is 39.5 Å². The van der Waals surface area contributed by atoms with Gasteiger partial charge < -0.3 is 0 Å². The summed E-state index contributed by atoms with van der Waals surface area (Å²) in [6.45, 7) is 7.73. The zero-order valence-electron chi connectivity index (χ0n) is 7.44. The summed E-state index contributed by atoms with van der Waals surface area (Å²) >= 11 is 0. The molecule has 0 unspecified atom stereocenters. The molecule has 0 amide bonds. The van der Waals surface area contributed by atoms with Crippen molar-refractivity contribution in [1.29, 1.82) is 0 Å². The van der Waals surface area contributed by atoms with Crippen LogP contribution in [0.4, 0.5) is 0 Å². The molecule has 62 valence electrons. The maximum atomic E-state index is 11.1. The lowest BCUT2D eigenvalue weighted by Gasteiger charge is -2.11. The highest BCUT2D eigenvalue weighted by Gasteiger charge is 2.46. The van der Waals surface area contributed by atoms with Crippen LogP contribution in [0.5, 0.6) is 0 Å². The monoisotopic (exact) mass is 152 g/mol. The van der Waals surface area contributed by atoms with Crippen molar-refractivity contribution in [3.63, 3.8) is 0 Å². The first kappa shape index (κ1) is 8.51. The first-order valence-electron chi connectivity index (χ1n) is 4.28. The fourth-order valence-electron chi connectivity index (χ4n) is 1.41. The standard InChI is InChI=1S/C10H16O/c1-4-8(2)7-10(5-6-10)9(3)11/h2,4-7H2,1,3H3. The minimum atomic E-state index is 0.0348. The van der Waals surface area contributed by atoms with E-state index in [0.29, 0.717) is 5.78 Å². The molecule has 0 spiro atoms. The summed E-state index contributed by atoms with van der Waals surface area (Å²) in [6.07, 6.45) is 4.11. The lowest BCUT2D eigenvalue weighted by atomic mass is 9.92. The molecule has 1 heteroatoms.